The molecule has 0 saturated carbocycles. The summed E-state index contributed by atoms with van der Waals surface area (Å²) in [4.78, 5) is 25.6. The predicted octanol–water partition coefficient (Wildman–Crippen LogP) is 3.90. The van der Waals surface area contributed by atoms with Gasteiger partial charge in [-0.3, -0.25) is 4.79 Å². The Kier molecular flexibility index (Phi) is 5.21. The summed E-state index contributed by atoms with van der Waals surface area (Å²) in [6, 6.07) is 15.5. The summed E-state index contributed by atoms with van der Waals surface area (Å²) >= 11 is 6.03. The molecule has 2 heterocycles. The van der Waals surface area contributed by atoms with Crippen molar-refractivity contribution >= 4 is 23.3 Å². The van der Waals surface area contributed by atoms with E-state index in [2.05, 4.69) is 14.9 Å². The smallest absolute Gasteiger partial charge is 0.255 e. The fourth-order valence-electron chi connectivity index (χ4n) is 3.22. The number of aromatic nitrogens is 2. The number of carbonyl (C=O) groups is 1. The first kappa shape index (κ1) is 18.4. The molecule has 142 valence electrons. The standard InChI is InChI=1S/C21H18ClFN4O/c22-18-14-16(23)6-7-17(18)21(28)27-12-10-26(11-13-27)19-8-9-24-20(25-19)15-4-2-1-3-5-15/h1-9,14H,10-13H2. The van der Waals surface area contributed by atoms with Crippen LogP contribution in [0.25, 0.3) is 11.4 Å². The molecule has 7 heteroatoms. The van der Waals surface area contributed by atoms with Crippen LogP contribution in [0, 0.1) is 5.82 Å². The molecule has 1 aliphatic rings. The molecule has 0 N–H and O–H groups in total. The average Bonchev–Trinajstić information content (AvgIpc) is 2.74. The zero-order valence-electron chi connectivity index (χ0n) is 15.1. The molecule has 1 aliphatic heterocycles. The van der Waals surface area contributed by atoms with Crippen LogP contribution in [0.5, 0.6) is 0 Å². The minimum Gasteiger partial charge on any atom is -0.353 e. The number of benzene rings is 2. The second-order valence-corrected chi connectivity index (χ2v) is 6.92. The Balaban J connectivity index is 1.45. The van der Waals surface area contributed by atoms with Crippen LogP contribution >= 0.6 is 11.6 Å². The maximum absolute atomic E-state index is 13.2. The molecule has 28 heavy (non-hydrogen) atoms. The van der Waals surface area contributed by atoms with E-state index in [1.54, 1.807) is 11.1 Å². The van der Waals surface area contributed by atoms with Gasteiger partial charge in [0, 0.05) is 37.9 Å². The fourth-order valence-corrected chi connectivity index (χ4v) is 3.47. The van der Waals surface area contributed by atoms with Crippen LogP contribution in [0.15, 0.2) is 60.8 Å². The molecule has 0 aliphatic carbocycles. The highest BCUT2D eigenvalue weighted by Gasteiger charge is 2.24. The summed E-state index contributed by atoms with van der Waals surface area (Å²) < 4.78 is 13.2. The zero-order chi connectivity index (χ0) is 19.5. The third kappa shape index (κ3) is 3.82. The van der Waals surface area contributed by atoms with E-state index in [1.807, 2.05) is 36.4 Å². The van der Waals surface area contributed by atoms with Gasteiger partial charge in [-0.25, -0.2) is 14.4 Å². The molecule has 1 aromatic heterocycles. The van der Waals surface area contributed by atoms with E-state index in [4.69, 9.17) is 11.6 Å². The van der Waals surface area contributed by atoms with E-state index < -0.39 is 5.82 Å². The largest absolute Gasteiger partial charge is 0.353 e. The molecule has 0 radical (unpaired) electrons. The number of amides is 1. The molecular weight excluding hydrogens is 379 g/mol. The van der Waals surface area contributed by atoms with Gasteiger partial charge in [0.15, 0.2) is 5.82 Å². The highest BCUT2D eigenvalue weighted by atomic mass is 35.5. The van der Waals surface area contributed by atoms with Crippen molar-refractivity contribution < 1.29 is 9.18 Å². The molecule has 4 rings (SSSR count). The highest BCUT2D eigenvalue weighted by Crippen LogP contribution is 2.22. The zero-order valence-corrected chi connectivity index (χ0v) is 15.8. The normalized spacial score (nSPS) is 14.2. The number of anilines is 1. The first-order valence-corrected chi connectivity index (χ1v) is 9.37. The van der Waals surface area contributed by atoms with Crippen LogP contribution < -0.4 is 4.90 Å². The third-order valence-electron chi connectivity index (χ3n) is 4.73. The summed E-state index contributed by atoms with van der Waals surface area (Å²) in [6.07, 6.45) is 1.75. The predicted molar refractivity (Wildman–Crippen MR) is 107 cm³/mol. The number of carbonyl (C=O) groups excluding carboxylic acids is 1. The second-order valence-electron chi connectivity index (χ2n) is 6.51. The van der Waals surface area contributed by atoms with Crippen molar-refractivity contribution in [3.05, 3.63) is 77.2 Å². The summed E-state index contributed by atoms with van der Waals surface area (Å²) in [5.74, 6) is 0.872. The summed E-state index contributed by atoms with van der Waals surface area (Å²) in [7, 11) is 0. The minimum absolute atomic E-state index is 0.135. The van der Waals surface area contributed by atoms with Gasteiger partial charge in [-0.1, -0.05) is 41.9 Å². The van der Waals surface area contributed by atoms with Crippen LogP contribution in [-0.2, 0) is 0 Å². The number of hydrogen-bond donors (Lipinski definition) is 0. The lowest BCUT2D eigenvalue weighted by Gasteiger charge is -2.35. The van der Waals surface area contributed by atoms with Crippen LogP contribution in [0.2, 0.25) is 5.02 Å². The number of halogens is 2. The van der Waals surface area contributed by atoms with Gasteiger partial charge in [-0.2, -0.15) is 0 Å². The molecular formula is C21H18ClFN4O. The maximum Gasteiger partial charge on any atom is 0.255 e. The molecule has 0 spiro atoms. The minimum atomic E-state index is -0.454. The summed E-state index contributed by atoms with van der Waals surface area (Å²) in [5, 5.41) is 0.135. The van der Waals surface area contributed by atoms with Gasteiger partial charge in [-0.05, 0) is 24.3 Å². The average molecular weight is 397 g/mol. The summed E-state index contributed by atoms with van der Waals surface area (Å²) in [6.45, 7) is 2.38. The van der Waals surface area contributed by atoms with E-state index >= 15 is 0 Å². The van der Waals surface area contributed by atoms with Gasteiger partial charge >= 0.3 is 0 Å². The van der Waals surface area contributed by atoms with Crippen molar-refractivity contribution in [2.24, 2.45) is 0 Å². The van der Waals surface area contributed by atoms with Crippen LogP contribution in [-0.4, -0.2) is 47.0 Å². The molecule has 0 bridgehead atoms. The molecule has 0 unspecified atom stereocenters. The Labute approximate surface area is 167 Å². The topological polar surface area (TPSA) is 49.3 Å². The fraction of sp³-hybridized carbons (Fsp3) is 0.190. The maximum atomic E-state index is 13.2. The monoisotopic (exact) mass is 396 g/mol. The molecule has 1 amide bonds. The van der Waals surface area contributed by atoms with Crippen molar-refractivity contribution in [2.75, 3.05) is 31.1 Å². The van der Waals surface area contributed by atoms with Gasteiger partial charge in [0.05, 0.1) is 10.6 Å². The lowest BCUT2D eigenvalue weighted by Crippen LogP contribution is -2.49. The first-order chi connectivity index (χ1) is 13.6. The van der Waals surface area contributed by atoms with Crippen molar-refractivity contribution in [3.63, 3.8) is 0 Å². The van der Waals surface area contributed by atoms with Crippen LogP contribution in [0.1, 0.15) is 10.4 Å². The van der Waals surface area contributed by atoms with E-state index in [0.717, 1.165) is 17.4 Å². The van der Waals surface area contributed by atoms with E-state index in [1.165, 1.54) is 12.1 Å². The SMILES string of the molecule is O=C(c1ccc(F)cc1Cl)N1CCN(c2ccnc(-c3ccccc3)n2)CC1. The van der Waals surface area contributed by atoms with Crippen LogP contribution in [0.3, 0.4) is 0 Å². The molecule has 2 aromatic carbocycles. The van der Waals surface area contributed by atoms with Gasteiger partial charge < -0.3 is 9.80 Å². The third-order valence-corrected chi connectivity index (χ3v) is 5.04. The Morgan fingerprint density at radius 2 is 1.75 bits per heavy atom. The van der Waals surface area contributed by atoms with E-state index in [0.29, 0.717) is 37.6 Å². The van der Waals surface area contributed by atoms with Gasteiger partial charge in [-0.15, -0.1) is 0 Å². The second kappa shape index (κ2) is 7.94. The van der Waals surface area contributed by atoms with Crippen molar-refractivity contribution in [2.45, 2.75) is 0 Å². The van der Waals surface area contributed by atoms with Gasteiger partial charge in [0.2, 0.25) is 0 Å². The van der Waals surface area contributed by atoms with Gasteiger partial charge in [0.25, 0.3) is 5.91 Å². The Bertz CT molecular complexity index is 991. The number of piperazine rings is 1. The highest BCUT2D eigenvalue weighted by molar-refractivity contribution is 6.33. The molecule has 1 saturated heterocycles. The number of hydrogen-bond acceptors (Lipinski definition) is 4. The van der Waals surface area contributed by atoms with Crippen LogP contribution in [0.4, 0.5) is 10.2 Å². The lowest BCUT2D eigenvalue weighted by molar-refractivity contribution is 0.0746. The molecule has 3 aromatic rings. The number of nitrogens with zero attached hydrogens (tertiary/aromatic N) is 4. The van der Waals surface area contributed by atoms with Crippen molar-refractivity contribution in [1.29, 1.82) is 0 Å². The van der Waals surface area contributed by atoms with E-state index in [-0.39, 0.29) is 10.9 Å². The molecule has 0 atom stereocenters. The Hall–Kier alpha value is -2.99. The Morgan fingerprint density at radius 3 is 2.46 bits per heavy atom. The molecule has 1 fully saturated rings. The molecule has 5 nitrogen and oxygen atoms in total. The first-order valence-electron chi connectivity index (χ1n) is 8.99. The van der Waals surface area contributed by atoms with E-state index in [9.17, 15) is 9.18 Å². The van der Waals surface area contributed by atoms with Crippen molar-refractivity contribution in [3.8, 4) is 11.4 Å². The number of rotatable bonds is 3. The van der Waals surface area contributed by atoms with Crippen molar-refractivity contribution in [1.82, 2.24) is 14.9 Å². The lowest BCUT2D eigenvalue weighted by atomic mass is 10.1. The quantitative estimate of drug-likeness (QED) is 0.673. The summed E-state index contributed by atoms with van der Waals surface area (Å²) in [5.41, 5.74) is 1.29. The Morgan fingerprint density at radius 1 is 1.00 bits per heavy atom. The van der Waals surface area contributed by atoms with Gasteiger partial charge in [0.1, 0.15) is 11.6 Å².